The lowest BCUT2D eigenvalue weighted by Crippen LogP contribution is -2.37. The van der Waals surface area contributed by atoms with Gasteiger partial charge in [0.05, 0.1) is 6.04 Å². The molecule has 0 aromatic carbocycles. The highest BCUT2D eigenvalue weighted by Crippen LogP contribution is 2.19. The number of hydrogen-bond acceptors (Lipinski definition) is 3. The molecule has 1 heterocycles. The lowest BCUT2D eigenvalue weighted by Gasteiger charge is -2.25. The van der Waals surface area contributed by atoms with Gasteiger partial charge in [0.25, 0.3) is 0 Å². The summed E-state index contributed by atoms with van der Waals surface area (Å²) in [6.07, 6.45) is 8.85. The normalized spacial score (nSPS) is 21.5. The molecular formula is C14H20N2O. The van der Waals surface area contributed by atoms with Crippen LogP contribution in [0.2, 0.25) is 0 Å². The summed E-state index contributed by atoms with van der Waals surface area (Å²) in [4.78, 5) is 18.3. The third-order valence-corrected chi connectivity index (χ3v) is 3.46. The van der Waals surface area contributed by atoms with Crippen molar-refractivity contribution in [1.29, 1.82) is 0 Å². The van der Waals surface area contributed by atoms with Gasteiger partial charge >= 0.3 is 0 Å². The van der Waals surface area contributed by atoms with Crippen molar-refractivity contribution in [2.45, 2.75) is 44.7 Å². The lowest BCUT2D eigenvalue weighted by atomic mass is 10.1. The van der Waals surface area contributed by atoms with Crippen molar-refractivity contribution >= 4 is 5.78 Å². The van der Waals surface area contributed by atoms with Crippen LogP contribution in [0.3, 0.4) is 0 Å². The highest BCUT2D eigenvalue weighted by molar-refractivity contribution is 5.84. The average molecular weight is 232 g/mol. The number of hydrogen-bond donors (Lipinski definition) is 0. The van der Waals surface area contributed by atoms with E-state index in [-0.39, 0.29) is 6.04 Å². The maximum absolute atomic E-state index is 12.0. The van der Waals surface area contributed by atoms with Crippen LogP contribution in [0.15, 0.2) is 24.5 Å². The van der Waals surface area contributed by atoms with Crippen LogP contribution in [0, 0.1) is 0 Å². The molecule has 2 rings (SSSR count). The first-order valence-corrected chi connectivity index (χ1v) is 6.39. The van der Waals surface area contributed by atoms with Crippen molar-refractivity contribution in [1.82, 2.24) is 9.88 Å². The number of likely N-dealkylation sites (N-methyl/N-ethyl adjacent to an activating group) is 1. The number of carbonyl (C=O) groups excluding carboxylic acids is 1. The fourth-order valence-electron chi connectivity index (χ4n) is 2.50. The summed E-state index contributed by atoms with van der Waals surface area (Å²) >= 11 is 0. The Labute approximate surface area is 103 Å². The number of ketones is 1. The van der Waals surface area contributed by atoms with Gasteiger partial charge in [0.1, 0.15) is 5.78 Å². The molecule has 1 atom stereocenters. The van der Waals surface area contributed by atoms with Crippen molar-refractivity contribution in [3.05, 3.63) is 30.1 Å². The SMILES string of the molecule is CN(Cc1cccnc1)C1CCCCCC1=O. The van der Waals surface area contributed by atoms with Gasteiger partial charge in [-0.05, 0) is 31.5 Å². The fraction of sp³-hybridized carbons (Fsp3) is 0.571. The minimum absolute atomic E-state index is 0.109. The molecule has 3 heteroatoms. The number of carbonyl (C=O) groups is 1. The van der Waals surface area contributed by atoms with Gasteiger partial charge in [-0.1, -0.05) is 18.9 Å². The lowest BCUT2D eigenvalue weighted by molar-refractivity contribution is -0.123. The zero-order chi connectivity index (χ0) is 12.1. The van der Waals surface area contributed by atoms with E-state index in [1.807, 2.05) is 19.3 Å². The van der Waals surface area contributed by atoms with Crippen LogP contribution in [-0.2, 0) is 11.3 Å². The Balaban J connectivity index is 1.98. The first-order chi connectivity index (χ1) is 8.27. The summed E-state index contributed by atoms with van der Waals surface area (Å²) in [7, 11) is 2.04. The second-order valence-electron chi connectivity index (χ2n) is 4.86. The number of nitrogens with zero attached hydrogens (tertiary/aromatic N) is 2. The van der Waals surface area contributed by atoms with E-state index in [9.17, 15) is 4.79 Å². The fourth-order valence-corrected chi connectivity index (χ4v) is 2.50. The summed E-state index contributed by atoms with van der Waals surface area (Å²) in [6.45, 7) is 0.810. The van der Waals surface area contributed by atoms with Crippen LogP contribution in [-0.4, -0.2) is 28.8 Å². The molecule has 0 amide bonds. The van der Waals surface area contributed by atoms with Gasteiger partial charge in [0.15, 0.2) is 0 Å². The number of pyridine rings is 1. The van der Waals surface area contributed by atoms with Crippen LogP contribution in [0.5, 0.6) is 0 Å². The molecule has 0 aliphatic heterocycles. The van der Waals surface area contributed by atoms with E-state index in [0.29, 0.717) is 5.78 Å². The van der Waals surface area contributed by atoms with Gasteiger partial charge in [-0.3, -0.25) is 14.7 Å². The van der Waals surface area contributed by atoms with E-state index < -0.39 is 0 Å². The van der Waals surface area contributed by atoms with Gasteiger partial charge in [0.2, 0.25) is 0 Å². The number of aromatic nitrogens is 1. The largest absolute Gasteiger partial charge is 0.298 e. The maximum atomic E-state index is 12.0. The highest BCUT2D eigenvalue weighted by atomic mass is 16.1. The van der Waals surface area contributed by atoms with E-state index in [1.165, 1.54) is 18.4 Å². The van der Waals surface area contributed by atoms with Crippen LogP contribution in [0.1, 0.15) is 37.7 Å². The Hall–Kier alpha value is -1.22. The zero-order valence-electron chi connectivity index (χ0n) is 10.4. The standard InChI is InChI=1S/C14H20N2O/c1-16(11-12-6-5-9-15-10-12)13-7-3-2-4-8-14(13)17/h5-6,9-10,13H,2-4,7-8,11H2,1H3. The van der Waals surface area contributed by atoms with E-state index >= 15 is 0 Å². The summed E-state index contributed by atoms with van der Waals surface area (Å²) in [5, 5.41) is 0. The van der Waals surface area contributed by atoms with Crippen molar-refractivity contribution in [2.24, 2.45) is 0 Å². The van der Waals surface area contributed by atoms with Crippen LogP contribution < -0.4 is 0 Å². The molecule has 0 radical (unpaired) electrons. The maximum Gasteiger partial charge on any atom is 0.149 e. The van der Waals surface area contributed by atoms with E-state index in [0.717, 1.165) is 25.8 Å². The van der Waals surface area contributed by atoms with Crippen molar-refractivity contribution in [3.8, 4) is 0 Å². The first kappa shape index (κ1) is 12.2. The molecule has 1 aliphatic carbocycles. The summed E-state index contributed by atoms with van der Waals surface area (Å²) < 4.78 is 0. The summed E-state index contributed by atoms with van der Waals surface area (Å²) in [5.74, 6) is 0.411. The molecule has 17 heavy (non-hydrogen) atoms. The smallest absolute Gasteiger partial charge is 0.149 e. The van der Waals surface area contributed by atoms with Crippen LogP contribution >= 0.6 is 0 Å². The molecule has 0 bridgehead atoms. The van der Waals surface area contributed by atoms with E-state index in [2.05, 4.69) is 16.0 Å². The van der Waals surface area contributed by atoms with Crippen molar-refractivity contribution in [2.75, 3.05) is 7.05 Å². The van der Waals surface area contributed by atoms with Gasteiger partial charge in [-0.15, -0.1) is 0 Å². The van der Waals surface area contributed by atoms with Gasteiger partial charge < -0.3 is 0 Å². The number of rotatable bonds is 3. The molecule has 1 aliphatic rings. The topological polar surface area (TPSA) is 33.2 Å². The van der Waals surface area contributed by atoms with Crippen molar-refractivity contribution < 1.29 is 4.79 Å². The Morgan fingerprint density at radius 1 is 1.41 bits per heavy atom. The van der Waals surface area contributed by atoms with Crippen molar-refractivity contribution in [3.63, 3.8) is 0 Å². The summed E-state index contributed by atoms with van der Waals surface area (Å²) in [5.41, 5.74) is 1.17. The van der Waals surface area contributed by atoms with E-state index in [4.69, 9.17) is 0 Å². The third kappa shape index (κ3) is 3.37. The minimum atomic E-state index is 0.109. The molecule has 0 N–H and O–H groups in total. The molecule has 1 unspecified atom stereocenters. The molecule has 3 nitrogen and oxygen atoms in total. The van der Waals surface area contributed by atoms with Crippen LogP contribution in [0.4, 0.5) is 0 Å². The highest BCUT2D eigenvalue weighted by Gasteiger charge is 2.24. The Morgan fingerprint density at radius 2 is 2.29 bits per heavy atom. The zero-order valence-corrected chi connectivity index (χ0v) is 10.4. The second-order valence-corrected chi connectivity index (χ2v) is 4.86. The molecule has 92 valence electrons. The van der Waals surface area contributed by atoms with Gasteiger partial charge in [-0.2, -0.15) is 0 Å². The predicted octanol–water partition coefficient (Wildman–Crippen LogP) is 2.42. The van der Waals surface area contributed by atoms with Gasteiger partial charge in [0, 0.05) is 25.4 Å². The first-order valence-electron chi connectivity index (χ1n) is 6.39. The van der Waals surface area contributed by atoms with E-state index in [1.54, 1.807) is 6.20 Å². The average Bonchev–Trinajstić information content (AvgIpc) is 2.55. The predicted molar refractivity (Wildman–Crippen MR) is 67.6 cm³/mol. The quantitative estimate of drug-likeness (QED) is 0.750. The molecule has 1 saturated carbocycles. The monoisotopic (exact) mass is 232 g/mol. The minimum Gasteiger partial charge on any atom is -0.298 e. The van der Waals surface area contributed by atoms with Gasteiger partial charge in [-0.25, -0.2) is 0 Å². The Morgan fingerprint density at radius 3 is 3.06 bits per heavy atom. The molecule has 1 aromatic rings. The number of Topliss-reactive ketones (excluding diaryl/α,β-unsaturated/α-hetero) is 1. The molecule has 1 aromatic heterocycles. The molecular weight excluding hydrogens is 212 g/mol. The Kier molecular flexibility index (Phi) is 4.26. The molecule has 0 saturated heterocycles. The molecule has 1 fully saturated rings. The summed E-state index contributed by atoms with van der Waals surface area (Å²) in [6, 6.07) is 4.11. The third-order valence-electron chi connectivity index (χ3n) is 3.46. The Bertz CT molecular complexity index is 364. The second kappa shape index (κ2) is 5.92. The van der Waals surface area contributed by atoms with Crippen LogP contribution in [0.25, 0.3) is 0 Å². The molecule has 0 spiro atoms.